The number of methoxy groups -OCH3 is 1. The van der Waals surface area contributed by atoms with Crippen LogP contribution in [0.5, 0.6) is 5.75 Å². The van der Waals surface area contributed by atoms with Gasteiger partial charge in [0.25, 0.3) is 5.91 Å². The maximum atomic E-state index is 12.9. The second-order valence-corrected chi connectivity index (χ2v) is 6.64. The van der Waals surface area contributed by atoms with Crippen molar-refractivity contribution in [2.75, 3.05) is 38.2 Å². The summed E-state index contributed by atoms with van der Waals surface area (Å²) in [5.74, 6) is 1.23. The summed E-state index contributed by atoms with van der Waals surface area (Å²) in [6, 6.07) is 19.2. The zero-order valence-electron chi connectivity index (χ0n) is 15.6. The Kier molecular flexibility index (Phi) is 4.81. The molecule has 0 atom stereocenters. The van der Waals surface area contributed by atoms with Crippen LogP contribution in [0.1, 0.15) is 15.9 Å². The van der Waals surface area contributed by atoms with Crippen LogP contribution in [-0.2, 0) is 0 Å². The third kappa shape index (κ3) is 3.23. The summed E-state index contributed by atoms with van der Waals surface area (Å²) in [6.45, 7) is 2.38. The summed E-state index contributed by atoms with van der Waals surface area (Å²) in [4.78, 5) is 21.5. The maximum Gasteiger partial charge on any atom is 0.257 e. The Labute approximate surface area is 163 Å². The second kappa shape index (κ2) is 7.57. The van der Waals surface area contributed by atoms with E-state index in [-0.39, 0.29) is 5.91 Å². The normalized spacial score (nSPS) is 14.0. The van der Waals surface area contributed by atoms with Crippen LogP contribution in [0.2, 0.25) is 0 Å². The van der Waals surface area contributed by atoms with Gasteiger partial charge < -0.3 is 14.5 Å². The van der Waals surface area contributed by atoms with Crippen molar-refractivity contribution < 1.29 is 9.53 Å². The number of aromatic nitrogens is 1. The minimum Gasteiger partial charge on any atom is -0.496 e. The number of ether oxygens (including phenoxy) is 1. The van der Waals surface area contributed by atoms with Crippen molar-refractivity contribution >= 4 is 22.6 Å². The predicted octanol–water partition coefficient (Wildman–Crippen LogP) is 3.08. The predicted molar refractivity (Wildman–Crippen MR) is 108 cm³/mol. The molecule has 1 aromatic heterocycles. The molecule has 1 amide bonds. The molecule has 0 N–H and O–H groups in total. The molecule has 1 aliphatic rings. The molecule has 2 aromatic carbocycles. The Balaban J connectivity index is 1.54. The number of carbonyl (C=O) groups excluding carboxylic acids is 1. The minimum atomic E-state index is -0.0379. The van der Waals surface area contributed by atoms with Gasteiger partial charge in [0.05, 0.1) is 23.8 Å². The number of amides is 1. The van der Waals surface area contributed by atoms with E-state index in [0.29, 0.717) is 48.9 Å². The van der Waals surface area contributed by atoms with Crippen LogP contribution in [0, 0.1) is 11.3 Å². The average Bonchev–Trinajstić information content (AvgIpc) is 2.77. The zero-order valence-corrected chi connectivity index (χ0v) is 15.6. The number of anilines is 1. The number of carbonyl (C=O) groups is 1. The lowest BCUT2D eigenvalue weighted by molar-refractivity contribution is 0.0743. The summed E-state index contributed by atoms with van der Waals surface area (Å²) < 4.78 is 5.31. The number of rotatable bonds is 3. The van der Waals surface area contributed by atoms with E-state index in [1.165, 1.54) is 0 Å². The van der Waals surface area contributed by atoms with Gasteiger partial charge in [0, 0.05) is 31.6 Å². The molecule has 6 nitrogen and oxygen atoms in total. The summed E-state index contributed by atoms with van der Waals surface area (Å²) in [5, 5.41) is 10.5. The van der Waals surface area contributed by atoms with Gasteiger partial charge in [-0.15, -0.1) is 0 Å². The summed E-state index contributed by atoms with van der Waals surface area (Å²) in [5.41, 5.74) is 1.99. The van der Waals surface area contributed by atoms with Gasteiger partial charge in [0.2, 0.25) is 0 Å². The highest BCUT2D eigenvalue weighted by Crippen LogP contribution is 2.25. The van der Waals surface area contributed by atoms with Gasteiger partial charge in [0.15, 0.2) is 0 Å². The molecular weight excluding hydrogens is 352 g/mol. The SMILES string of the molecule is COc1ccccc1C(=O)N1CCN(c2nc3ccccc3cc2C#N)CC1. The van der Waals surface area contributed by atoms with Gasteiger partial charge in [-0.1, -0.05) is 30.3 Å². The molecule has 2 heterocycles. The smallest absolute Gasteiger partial charge is 0.257 e. The number of nitrogens with zero attached hydrogens (tertiary/aromatic N) is 4. The lowest BCUT2D eigenvalue weighted by Gasteiger charge is -2.36. The van der Waals surface area contributed by atoms with Crippen molar-refractivity contribution in [1.29, 1.82) is 5.26 Å². The van der Waals surface area contributed by atoms with Crippen molar-refractivity contribution in [3.8, 4) is 11.8 Å². The van der Waals surface area contributed by atoms with Gasteiger partial charge >= 0.3 is 0 Å². The molecule has 6 heteroatoms. The first-order valence-electron chi connectivity index (χ1n) is 9.18. The molecule has 4 rings (SSSR count). The summed E-state index contributed by atoms with van der Waals surface area (Å²) in [7, 11) is 1.57. The van der Waals surface area contributed by atoms with Crippen LogP contribution in [-0.4, -0.2) is 49.1 Å². The van der Waals surface area contributed by atoms with Gasteiger partial charge in [-0.3, -0.25) is 4.79 Å². The number of hydrogen-bond acceptors (Lipinski definition) is 5. The van der Waals surface area contributed by atoms with E-state index in [4.69, 9.17) is 9.72 Å². The number of para-hydroxylation sites is 2. The molecule has 0 bridgehead atoms. The van der Waals surface area contributed by atoms with Crippen molar-refractivity contribution in [2.24, 2.45) is 0 Å². The molecule has 1 saturated heterocycles. The van der Waals surface area contributed by atoms with Crippen LogP contribution < -0.4 is 9.64 Å². The molecule has 0 aliphatic carbocycles. The van der Waals surface area contributed by atoms with E-state index in [2.05, 4.69) is 11.0 Å². The maximum absolute atomic E-state index is 12.9. The lowest BCUT2D eigenvalue weighted by Crippen LogP contribution is -2.49. The third-order valence-corrected chi connectivity index (χ3v) is 5.03. The average molecular weight is 372 g/mol. The van der Waals surface area contributed by atoms with Crippen molar-refractivity contribution in [3.05, 3.63) is 65.7 Å². The minimum absolute atomic E-state index is 0.0379. The number of piperazine rings is 1. The monoisotopic (exact) mass is 372 g/mol. The Morgan fingerprint density at radius 2 is 1.79 bits per heavy atom. The van der Waals surface area contributed by atoms with Crippen molar-refractivity contribution in [1.82, 2.24) is 9.88 Å². The van der Waals surface area contributed by atoms with Gasteiger partial charge in [0.1, 0.15) is 17.6 Å². The molecule has 1 fully saturated rings. The van der Waals surface area contributed by atoms with Crippen LogP contribution in [0.25, 0.3) is 10.9 Å². The molecule has 0 spiro atoms. The Morgan fingerprint density at radius 3 is 2.54 bits per heavy atom. The number of pyridine rings is 1. The van der Waals surface area contributed by atoms with Crippen molar-refractivity contribution in [3.63, 3.8) is 0 Å². The van der Waals surface area contributed by atoms with E-state index >= 15 is 0 Å². The standard InChI is InChI=1S/C22H20N4O2/c1-28-20-9-5-3-7-18(20)22(27)26-12-10-25(11-13-26)21-17(15-23)14-16-6-2-4-8-19(16)24-21/h2-9,14H,10-13H2,1H3. The van der Waals surface area contributed by atoms with E-state index < -0.39 is 0 Å². The van der Waals surface area contributed by atoms with E-state index in [1.54, 1.807) is 19.2 Å². The summed E-state index contributed by atoms with van der Waals surface area (Å²) >= 11 is 0. The number of benzene rings is 2. The highest BCUT2D eigenvalue weighted by Gasteiger charge is 2.26. The molecular formula is C22H20N4O2. The number of hydrogen-bond donors (Lipinski definition) is 0. The molecule has 0 saturated carbocycles. The molecule has 3 aromatic rings. The van der Waals surface area contributed by atoms with E-state index in [1.807, 2.05) is 47.4 Å². The highest BCUT2D eigenvalue weighted by atomic mass is 16.5. The molecule has 0 unspecified atom stereocenters. The molecule has 140 valence electrons. The first-order chi connectivity index (χ1) is 13.7. The van der Waals surface area contributed by atoms with Crippen LogP contribution in [0.3, 0.4) is 0 Å². The Hall–Kier alpha value is -3.59. The number of fused-ring (bicyclic) bond motifs is 1. The zero-order chi connectivity index (χ0) is 19.5. The van der Waals surface area contributed by atoms with Crippen molar-refractivity contribution in [2.45, 2.75) is 0 Å². The quantitative estimate of drug-likeness (QED) is 0.707. The topological polar surface area (TPSA) is 69.5 Å². The van der Waals surface area contributed by atoms with Gasteiger partial charge in [-0.25, -0.2) is 4.98 Å². The highest BCUT2D eigenvalue weighted by molar-refractivity contribution is 5.97. The molecule has 0 radical (unpaired) electrons. The third-order valence-electron chi connectivity index (χ3n) is 5.03. The first-order valence-corrected chi connectivity index (χ1v) is 9.18. The Morgan fingerprint density at radius 1 is 1.07 bits per heavy atom. The van der Waals surface area contributed by atoms with Gasteiger partial charge in [-0.05, 0) is 24.3 Å². The largest absolute Gasteiger partial charge is 0.496 e. The fourth-order valence-electron chi connectivity index (χ4n) is 3.54. The Bertz CT molecular complexity index is 1070. The molecule has 1 aliphatic heterocycles. The molecule has 28 heavy (non-hydrogen) atoms. The first kappa shape index (κ1) is 17.8. The fraction of sp³-hybridized carbons (Fsp3) is 0.227. The van der Waals surface area contributed by atoms with Gasteiger partial charge in [-0.2, -0.15) is 5.26 Å². The summed E-state index contributed by atoms with van der Waals surface area (Å²) in [6.07, 6.45) is 0. The lowest BCUT2D eigenvalue weighted by atomic mass is 10.1. The number of nitriles is 1. The van der Waals surface area contributed by atoms with Crippen LogP contribution >= 0.6 is 0 Å². The van der Waals surface area contributed by atoms with Crippen LogP contribution in [0.4, 0.5) is 5.82 Å². The van der Waals surface area contributed by atoms with Crippen LogP contribution in [0.15, 0.2) is 54.6 Å². The van der Waals surface area contributed by atoms with E-state index in [9.17, 15) is 10.1 Å². The fourth-order valence-corrected chi connectivity index (χ4v) is 3.54. The van der Waals surface area contributed by atoms with E-state index in [0.717, 1.165) is 10.9 Å². The second-order valence-electron chi connectivity index (χ2n) is 6.64.